The van der Waals surface area contributed by atoms with Crippen molar-refractivity contribution in [1.29, 1.82) is 5.26 Å². The fourth-order valence-electron chi connectivity index (χ4n) is 2.09. The molecule has 1 aliphatic heterocycles. The number of carbonyl (C=O) groups is 1. The van der Waals surface area contributed by atoms with E-state index in [0.717, 1.165) is 12.0 Å². The molecule has 2 rings (SSSR count). The van der Waals surface area contributed by atoms with Crippen molar-refractivity contribution in [3.8, 4) is 6.07 Å². The summed E-state index contributed by atoms with van der Waals surface area (Å²) in [7, 11) is 0. The Morgan fingerprint density at radius 2 is 2.05 bits per heavy atom. The van der Waals surface area contributed by atoms with Gasteiger partial charge in [-0.25, -0.2) is 0 Å². The minimum Gasteiger partial charge on any atom is -0.378 e. The van der Waals surface area contributed by atoms with Gasteiger partial charge in [0.05, 0.1) is 13.2 Å². The molecule has 1 heterocycles. The maximum Gasteiger partial charge on any atom is 0.263 e. The number of carbonyl (C=O) groups excluding carboxylic acids is 1. The highest BCUT2D eigenvalue weighted by Gasteiger charge is 2.12. The standard InChI is InChI=1S/C16H19N3O2/c17-12-15(13-19-8-10-21-11-9-19)16(20)18-7-6-14-4-2-1-3-5-14/h1-5,13H,6-11H2,(H,18,20)/b15-13+. The van der Waals surface area contributed by atoms with E-state index in [4.69, 9.17) is 10.00 Å². The molecule has 0 aromatic heterocycles. The van der Waals surface area contributed by atoms with Gasteiger partial charge in [-0.05, 0) is 12.0 Å². The summed E-state index contributed by atoms with van der Waals surface area (Å²) in [4.78, 5) is 13.9. The number of amides is 1. The van der Waals surface area contributed by atoms with Crippen LogP contribution < -0.4 is 5.32 Å². The van der Waals surface area contributed by atoms with E-state index in [2.05, 4.69) is 5.32 Å². The van der Waals surface area contributed by atoms with Crippen LogP contribution in [0, 0.1) is 11.3 Å². The van der Waals surface area contributed by atoms with Crippen LogP contribution in [0.25, 0.3) is 0 Å². The highest BCUT2D eigenvalue weighted by atomic mass is 16.5. The first kappa shape index (κ1) is 15.1. The predicted molar refractivity (Wildman–Crippen MR) is 79.2 cm³/mol. The van der Waals surface area contributed by atoms with E-state index in [1.54, 1.807) is 6.20 Å². The van der Waals surface area contributed by atoms with E-state index in [1.807, 2.05) is 41.3 Å². The molecule has 0 spiro atoms. The largest absolute Gasteiger partial charge is 0.378 e. The normalized spacial score (nSPS) is 15.4. The van der Waals surface area contributed by atoms with Gasteiger partial charge in [-0.1, -0.05) is 30.3 Å². The zero-order valence-corrected chi connectivity index (χ0v) is 11.9. The number of rotatable bonds is 5. The van der Waals surface area contributed by atoms with Crippen LogP contribution in [0.3, 0.4) is 0 Å². The molecule has 0 bridgehead atoms. The smallest absolute Gasteiger partial charge is 0.263 e. The fraction of sp³-hybridized carbons (Fsp3) is 0.375. The lowest BCUT2D eigenvalue weighted by Crippen LogP contribution is -2.34. The summed E-state index contributed by atoms with van der Waals surface area (Å²) >= 11 is 0. The molecule has 0 saturated carbocycles. The minimum absolute atomic E-state index is 0.143. The van der Waals surface area contributed by atoms with Crippen molar-refractivity contribution in [2.45, 2.75) is 6.42 Å². The molecular weight excluding hydrogens is 266 g/mol. The number of benzene rings is 1. The first-order chi connectivity index (χ1) is 10.3. The van der Waals surface area contributed by atoms with E-state index in [-0.39, 0.29) is 11.5 Å². The predicted octanol–water partition coefficient (Wildman–Crippen LogP) is 1.08. The Hall–Kier alpha value is -2.32. The molecule has 5 heteroatoms. The average molecular weight is 285 g/mol. The van der Waals surface area contributed by atoms with Crippen LogP contribution >= 0.6 is 0 Å². The van der Waals surface area contributed by atoms with Crippen molar-refractivity contribution in [2.75, 3.05) is 32.8 Å². The summed E-state index contributed by atoms with van der Waals surface area (Å²) in [6, 6.07) is 11.9. The highest BCUT2D eigenvalue weighted by molar-refractivity contribution is 5.97. The lowest BCUT2D eigenvalue weighted by Gasteiger charge is -2.25. The second kappa shape index (κ2) is 8.08. The van der Waals surface area contributed by atoms with Gasteiger partial charge in [-0.15, -0.1) is 0 Å². The van der Waals surface area contributed by atoms with Crippen LogP contribution in [-0.4, -0.2) is 43.7 Å². The molecule has 1 aromatic carbocycles. The summed E-state index contributed by atoms with van der Waals surface area (Å²) in [5, 5.41) is 11.9. The topological polar surface area (TPSA) is 65.4 Å². The van der Waals surface area contributed by atoms with Gasteiger partial charge in [-0.3, -0.25) is 4.79 Å². The first-order valence-electron chi connectivity index (χ1n) is 7.05. The third-order valence-electron chi connectivity index (χ3n) is 3.26. The lowest BCUT2D eigenvalue weighted by atomic mass is 10.1. The second-order valence-electron chi connectivity index (χ2n) is 4.79. The Balaban J connectivity index is 1.82. The molecule has 21 heavy (non-hydrogen) atoms. The van der Waals surface area contributed by atoms with E-state index in [9.17, 15) is 4.79 Å². The maximum atomic E-state index is 12.0. The molecule has 0 atom stereocenters. The van der Waals surface area contributed by atoms with Gasteiger partial charge >= 0.3 is 0 Å². The van der Waals surface area contributed by atoms with Crippen molar-refractivity contribution in [1.82, 2.24) is 10.2 Å². The van der Waals surface area contributed by atoms with Gasteiger partial charge in [0.25, 0.3) is 5.91 Å². The number of nitriles is 1. The van der Waals surface area contributed by atoms with E-state index >= 15 is 0 Å². The number of nitrogens with zero attached hydrogens (tertiary/aromatic N) is 2. The van der Waals surface area contributed by atoms with Crippen molar-refractivity contribution >= 4 is 5.91 Å². The van der Waals surface area contributed by atoms with E-state index in [1.165, 1.54) is 0 Å². The van der Waals surface area contributed by atoms with Crippen LogP contribution in [0.4, 0.5) is 0 Å². The second-order valence-corrected chi connectivity index (χ2v) is 4.79. The molecule has 0 unspecified atom stereocenters. The molecule has 1 aromatic rings. The molecule has 110 valence electrons. The molecule has 1 fully saturated rings. The zero-order valence-electron chi connectivity index (χ0n) is 11.9. The van der Waals surface area contributed by atoms with Crippen molar-refractivity contribution in [3.63, 3.8) is 0 Å². The zero-order chi connectivity index (χ0) is 14.9. The first-order valence-corrected chi connectivity index (χ1v) is 7.05. The number of hydrogen-bond acceptors (Lipinski definition) is 4. The summed E-state index contributed by atoms with van der Waals surface area (Å²) in [5.74, 6) is -0.320. The monoisotopic (exact) mass is 285 g/mol. The molecule has 0 radical (unpaired) electrons. The molecule has 1 aliphatic rings. The van der Waals surface area contributed by atoms with Crippen LogP contribution in [-0.2, 0) is 16.0 Å². The summed E-state index contributed by atoms with van der Waals surface area (Å²) in [6.07, 6.45) is 2.38. The Morgan fingerprint density at radius 1 is 1.33 bits per heavy atom. The number of nitrogens with one attached hydrogen (secondary N) is 1. The summed E-state index contributed by atoms with van der Waals surface area (Å²) in [6.45, 7) is 3.20. The van der Waals surface area contributed by atoms with Gasteiger partial charge in [0.15, 0.2) is 0 Å². The average Bonchev–Trinajstić information content (AvgIpc) is 2.54. The maximum absolute atomic E-state index is 12.0. The lowest BCUT2D eigenvalue weighted by molar-refractivity contribution is -0.117. The number of ether oxygens (including phenoxy) is 1. The molecule has 1 N–H and O–H groups in total. The van der Waals surface area contributed by atoms with Crippen molar-refractivity contribution < 1.29 is 9.53 Å². The van der Waals surface area contributed by atoms with Gasteiger partial charge in [-0.2, -0.15) is 5.26 Å². The van der Waals surface area contributed by atoms with Gasteiger partial charge in [0.1, 0.15) is 11.6 Å². The number of morpholine rings is 1. The highest BCUT2D eigenvalue weighted by Crippen LogP contribution is 2.03. The van der Waals surface area contributed by atoms with Crippen molar-refractivity contribution in [3.05, 3.63) is 47.7 Å². The SMILES string of the molecule is N#C/C(=C\N1CCOCC1)C(=O)NCCc1ccccc1. The molecular formula is C16H19N3O2. The minimum atomic E-state index is -0.320. The summed E-state index contributed by atoms with van der Waals surface area (Å²) in [5.41, 5.74) is 1.30. The third kappa shape index (κ3) is 4.93. The Morgan fingerprint density at radius 3 is 2.71 bits per heavy atom. The fourth-order valence-corrected chi connectivity index (χ4v) is 2.09. The van der Waals surface area contributed by atoms with E-state index in [0.29, 0.717) is 32.8 Å². The Bertz CT molecular complexity index is 528. The van der Waals surface area contributed by atoms with Crippen LogP contribution in [0.15, 0.2) is 42.1 Å². The van der Waals surface area contributed by atoms with Gasteiger partial charge < -0.3 is 15.0 Å². The van der Waals surface area contributed by atoms with Crippen LogP contribution in [0.1, 0.15) is 5.56 Å². The molecule has 1 saturated heterocycles. The molecule has 0 aliphatic carbocycles. The quantitative estimate of drug-likeness (QED) is 0.649. The number of hydrogen-bond donors (Lipinski definition) is 1. The third-order valence-corrected chi connectivity index (χ3v) is 3.26. The van der Waals surface area contributed by atoms with Crippen molar-refractivity contribution in [2.24, 2.45) is 0 Å². The Kier molecular flexibility index (Phi) is 5.80. The molecule has 5 nitrogen and oxygen atoms in total. The Labute approximate surface area is 124 Å². The van der Waals surface area contributed by atoms with Gasteiger partial charge in [0, 0.05) is 25.8 Å². The van der Waals surface area contributed by atoms with Crippen LogP contribution in [0.5, 0.6) is 0 Å². The van der Waals surface area contributed by atoms with Crippen LogP contribution in [0.2, 0.25) is 0 Å². The molecule has 1 amide bonds. The van der Waals surface area contributed by atoms with E-state index < -0.39 is 0 Å². The van der Waals surface area contributed by atoms with Gasteiger partial charge in [0.2, 0.25) is 0 Å². The summed E-state index contributed by atoms with van der Waals surface area (Å²) < 4.78 is 5.23.